The summed E-state index contributed by atoms with van der Waals surface area (Å²) in [6.45, 7) is 2.30. The number of primary amides is 1. The number of methoxy groups -OCH3 is 1. The van der Waals surface area contributed by atoms with E-state index < -0.39 is 0 Å². The summed E-state index contributed by atoms with van der Waals surface area (Å²) in [5.74, 6) is 1.70. The standard InChI is InChI=1S/C20H28N6O2.HI/c1-22-20(25-10-3-4-15(14-25)12-19(21)27)23-13-16-9-11-26(24-16)17-5-7-18(28-2)8-6-17;/h5-9,11,15H,3-4,10,12-14H2,1-2H3,(H2,21,27)(H,22,23);1H. The molecular formula is C20H29IN6O2. The van der Waals surface area contributed by atoms with Crippen molar-refractivity contribution in [3.05, 3.63) is 42.2 Å². The molecule has 0 aliphatic carbocycles. The number of nitrogens with one attached hydrogen (secondary N) is 1. The van der Waals surface area contributed by atoms with E-state index >= 15 is 0 Å². The van der Waals surface area contributed by atoms with Gasteiger partial charge < -0.3 is 20.7 Å². The van der Waals surface area contributed by atoms with E-state index in [1.54, 1.807) is 14.2 Å². The number of rotatable bonds is 6. The summed E-state index contributed by atoms with van der Waals surface area (Å²) in [6.07, 6.45) is 4.43. The van der Waals surface area contributed by atoms with E-state index in [0.29, 0.717) is 18.9 Å². The van der Waals surface area contributed by atoms with E-state index in [1.165, 1.54) is 0 Å². The van der Waals surface area contributed by atoms with Gasteiger partial charge in [0.25, 0.3) is 0 Å². The van der Waals surface area contributed by atoms with Gasteiger partial charge >= 0.3 is 0 Å². The van der Waals surface area contributed by atoms with Crippen LogP contribution in [0.15, 0.2) is 41.5 Å². The molecule has 1 aliphatic heterocycles. The summed E-state index contributed by atoms with van der Waals surface area (Å²) >= 11 is 0. The molecule has 0 radical (unpaired) electrons. The molecule has 158 valence electrons. The lowest BCUT2D eigenvalue weighted by molar-refractivity contribution is -0.119. The van der Waals surface area contributed by atoms with Crippen LogP contribution in [0.3, 0.4) is 0 Å². The molecule has 0 saturated carbocycles. The fraction of sp³-hybridized carbons (Fsp3) is 0.450. The van der Waals surface area contributed by atoms with Crippen LogP contribution >= 0.6 is 24.0 Å². The van der Waals surface area contributed by atoms with Crippen LogP contribution in [-0.2, 0) is 11.3 Å². The number of aliphatic imine (C=N–C) groups is 1. The molecule has 3 N–H and O–H groups in total. The molecule has 1 unspecified atom stereocenters. The van der Waals surface area contributed by atoms with Crippen molar-refractivity contribution in [2.24, 2.45) is 16.6 Å². The summed E-state index contributed by atoms with van der Waals surface area (Å²) in [7, 11) is 3.42. The zero-order valence-corrected chi connectivity index (χ0v) is 19.2. The lowest BCUT2D eigenvalue weighted by Crippen LogP contribution is -2.47. The van der Waals surface area contributed by atoms with Crippen molar-refractivity contribution in [3.8, 4) is 11.4 Å². The van der Waals surface area contributed by atoms with E-state index in [0.717, 1.165) is 49.0 Å². The van der Waals surface area contributed by atoms with Crippen LogP contribution in [0.25, 0.3) is 5.69 Å². The fourth-order valence-electron chi connectivity index (χ4n) is 3.55. The first-order valence-electron chi connectivity index (χ1n) is 9.52. The summed E-state index contributed by atoms with van der Waals surface area (Å²) in [6, 6.07) is 9.74. The van der Waals surface area contributed by atoms with Gasteiger partial charge in [0.05, 0.1) is 25.0 Å². The van der Waals surface area contributed by atoms with Crippen LogP contribution < -0.4 is 15.8 Å². The first kappa shape index (κ1) is 23.0. The topological polar surface area (TPSA) is 97.8 Å². The highest BCUT2D eigenvalue weighted by Gasteiger charge is 2.23. The molecule has 2 aromatic rings. The number of ether oxygens (including phenoxy) is 1. The Morgan fingerprint density at radius 3 is 2.76 bits per heavy atom. The number of likely N-dealkylation sites (tertiary alicyclic amines) is 1. The number of piperidine rings is 1. The molecule has 2 heterocycles. The minimum atomic E-state index is -0.237. The first-order chi connectivity index (χ1) is 13.6. The smallest absolute Gasteiger partial charge is 0.217 e. The molecule has 1 atom stereocenters. The Kier molecular flexibility index (Phi) is 8.74. The maximum atomic E-state index is 11.2. The summed E-state index contributed by atoms with van der Waals surface area (Å²) in [5.41, 5.74) is 7.25. The van der Waals surface area contributed by atoms with Crippen LogP contribution in [0.5, 0.6) is 5.75 Å². The Balaban J connectivity index is 0.00000300. The van der Waals surface area contributed by atoms with Gasteiger partial charge in [-0.05, 0) is 49.1 Å². The van der Waals surface area contributed by atoms with Crippen molar-refractivity contribution < 1.29 is 9.53 Å². The maximum Gasteiger partial charge on any atom is 0.217 e. The number of aromatic nitrogens is 2. The number of halogens is 1. The molecule has 1 aromatic heterocycles. The van der Waals surface area contributed by atoms with Crippen molar-refractivity contribution in [2.45, 2.75) is 25.8 Å². The van der Waals surface area contributed by atoms with Crippen molar-refractivity contribution in [1.29, 1.82) is 0 Å². The van der Waals surface area contributed by atoms with E-state index in [1.807, 2.05) is 41.2 Å². The van der Waals surface area contributed by atoms with Gasteiger partial charge in [0.15, 0.2) is 5.96 Å². The second-order valence-corrected chi connectivity index (χ2v) is 6.98. The number of nitrogens with two attached hydrogens (primary N) is 1. The monoisotopic (exact) mass is 512 g/mol. The minimum Gasteiger partial charge on any atom is -0.497 e. The van der Waals surface area contributed by atoms with E-state index in [4.69, 9.17) is 10.5 Å². The molecule has 1 aromatic carbocycles. The zero-order valence-electron chi connectivity index (χ0n) is 16.9. The third-order valence-corrected chi connectivity index (χ3v) is 4.93. The van der Waals surface area contributed by atoms with Crippen molar-refractivity contribution >= 4 is 35.8 Å². The SMILES string of the molecule is CN=C(NCc1ccn(-c2ccc(OC)cc2)n1)N1CCCC(CC(N)=O)C1.I. The quantitative estimate of drug-likeness (QED) is 0.351. The number of benzene rings is 1. The van der Waals surface area contributed by atoms with Gasteiger partial charge in [0.2, 0.25) is 5.91 Å². The second kappa shape index (κ2) is 11.0. The molecule has 0 bridgehead atoms. The highest BCUT2D eigenvalue weighted by atomic mass is 127. The molecule has 1 aliphatic rings. The number of carbonyl (C=O) groups excluding carboxylic acids is 1. The molecule has 0 spiro atoms. The predicted octanol–water partition coefficient (Wildman–Crippen LogP) is 2.16. The summed E-state index contributed by atoms with van der Waals surface area (Å²) in [5, 5.41) is 8.00. The van der Waals surface area contributed by atoms with Crippen LogP contribution in [0.4, 0.5) is 0 Å². The molecule has 1 saturated heterocycles. The highest BCUT2D eigenvalue weighted by Crippen LogP contribution is 2.19. The van der Waals surface area contributed by atoms with Gasteiger partial charge in [0, 0.05) is 32.8 Å². The van der Waals surface area contributed by atoms with Gasteiger partial charge in [-0.3, -0.25) is 9.79 Å². The maximum absolute atomic E-state index is 11.2. The van der Waals surface area contributed by atoms with Gasteiger partial charge in [-0.1, -0.05) is 0 Å². The number of hydrogen-bond acceptors (Lipinski definition) is 4. The number of hydrogen-bond donors (Lipinski definition) is 2. The minimum absolute atomic E-state index is 0. The number of amides is 1. The van der Waals surface area contributed by atoms with Crippen molar-refractivity contribution in [3.63, 3.8) is 0 Å². The lowest BCUT2D eigenvalue weighted by atomic mass is 9.95. The van der Waals surface area contributed by atoms with Gasteiger partial charge in [-0.25, -0.2) is 4.68 Å². The molecule has 8 nitrogen and oxygen atoms in total. The summed E-state index contributed by atoms with van der Waals surface area (Å²) < 4.78 is 7.03. The van der Waals surface area contributed by atoms with Gasteiger partial charge in [0.1, 0.15) is 5.75 Å². The Labute approximate surface area is 188 Å². The first-order valence-corrected chi connectivity index (χ1v) is 9.52. The molecule has 3 rings (SSSR count). The van der Waals surface area contributed by atoms with Crippen molar-refractivity contribution in [1.82, 2.24) is 20.0 Å². The van der Waals surface area contributed by atoms with Gasteiger partial charge in [-0.2, -0.15) is 5.10 Å². The molecule has 1 fully saturated rings. The molecular weight excluding hydrogens is 483 g/mol. The Hall–Kier alpha value is -2.30. The number of guanidine groups is 1. The van der Waals surface area contributed by atoms with Crippen LogP contribution in [0.1, 0.15) is 25.0 Å². The third kappa shape index (κ3) is 6.34. The highest BCUT2D eigenvalue weighted by molar-refractivity contribution is 14.0. The Bertz CT molecular complexity index is 821. The average Bonchev–Trinajstić information content (AvgIpc) is 3.17. The van der Waals surface area contributed by atoms with Gasteiger partial charge in [-0.15, -0.1) is 24.0 Å². The van der Waals surface area contributed by atoms with E-state index in [2.05, 4.69) is 20.3 Å². The predicted molar refractivity (Wildman–Crippen MR) is 124 cm³/mol. The van der Waals surface area contributed by atoms with Crippen LogP contribution in [0, 0.1) is 5.92 Å². The number of nitrogens with zero attached hydrogens (tertiary/aromatic N) is 4. The normalized spacial score (nSPS) is 16.8. The summed E-state index contributed by atoms with van der Waals surface area (Å²) in [4.78, 5) is 17.8. The Morgan fingerprint density at radius 1 is 1.34 bits per heavy atom. The number of carbonyl (C=O) groups is 1. The molecule has 9 heteroatoms. The van der Waals surface area contributed by atoms with Crippen LogP contribution in [0.2, 0.25) is 0 Å². The zero-order chi connectivity index (χ0) is 19.9. The van der Waals surface area contributed by atoms with E-state index in [9.17, 15) is 4.79 Å². The molecule has 29 heavy (non-hydrogen) atoms. The largest absolute Gasteiger partial charge is 0.497 e. The Morgan fingerprint density at radius 2 is 2.10 bits per heavy atom. The molecule has 1 amide bonds. The lowest BCUT2D eigenvalue weighted by Gasteiger charge is -2.34. The fourth-order valence-corrected chi connectivity index (χ4v) is 3.55. The second-order valence-electron chi connectivity index (χ2n) is 6.98. The third-order valence-electron chi connectivity index (χ3n) is 4.93. The van der Waals surface area contributed by atoms with Crippen molar-refractivity contribution in [2.75, 3.05) is 27.2 Å². The average molecular weight is 512 g/mol. The van der Waals surface area contributed by atoms with Crippen LogP contribution in [-0.4, -0.2) is 53.8 Å². The van der Waals surface area contributed by atoms with E-state index in [-0.39, 0.29) is 29.9 Å².